The van der Waals surface area contributed by atoms with Crippen molar-refractivity contribution in [2.45, 2.75) is 0 Å². The number of rotatable bonds is 4. The zero-order valence-electron chi connectivity index (χ0n) is 26.5. The minimum absolute atomic E-state index is 0.594. The Hall–Kier alpha value is -7.28. The van der Waals surface area contributed by atoms with E-state index in [2.05, 4.69) is 92.8 Å². The molecule has 0 aliphatic heterocycles. The molecule has 0 N–H and O–H groups in total. The van der Waals surface area contributed by atoms with Crippen LogP contribution in [0.25, 0.3) is 93.4 Å². The van der Waals surface area contributed by atoms with Crippen LogP contribution in [-0.2, 0) is 0 Å². The molecule has 0 aliphatic rings. The van der Waals surface area contributed by atoms with E-state index < -0.39 is 0 Å². The first-order valence-corrected chi connectivity index (χ1v) is 16.4. The first-order valence-electron chi connectivity index (χ1n) is 16.4. The van der Waals surface area contributed by atoms with Crippen LogP contribution in [0.3, 0.4) is 0 Å². The summed E-state index contributed by atoms with van der Waals surface area (Å²) in [4.78, 5) is 14.5. The SMILES string of the molecule is [C-]#[N+]c1ccc(-c2nc3c4cccc5c4c4c(cccc4c3n2-c2ccccc2)c2nc(-c3ccc(C#N)cc3)n(-c3ccccc3)c52)cc1. The summed E-state index contributed by atoms with van der Waals surface area (Å²) in [5.41, 5.74) is 8.98. The summed E-state index contributed by atoms with van der Waals surface area (Å²) in [5.74, 6) is 1.63. The highest BCUT2D eigenvalue weighted by atomic mass is 15.1. The Kier molecular flexibility index (Phi) is 5.90. The van der Waals surface area contributed by atoms with Crippen molar-refractivity contribution in [1.82, 2.24) is 19.1 Å². The fourth-order valence-corrected chi connectivity index (χ4v) is 7.57. The van der Waals surface area contributed by atoms with Gasteiger partial charge in [0.15, 0.2) is 5.69 Å². The molecule has 10 rings (SSSR count). The molecule has 230 valence electrons. The molecule has 6 heteroatoms. The standard InChI is InChI=1S/C44H24N6/c1-46-30-24-22-29(23-25-30)44-48-40-34-15-9-16-35-38(34)37-33(14-8-17-36(37)42(40)50(44)32-12-6-3-7-13-32)39-41(35)49(31-10-4-2-5-11-31)43(47-39)28-20-18-27(26-45)19-21-28/h2-25H. The number of imidazole rings is 2. The molecule has 0 fully saturated rings. The Labute approximate surface area is 286 Å². The van der Waals surface area contributed by atoms with Crippen LogP contribution >= 0.6 is 0 Å². The molecule has 2 heterocycles. The van der Waals surface area contributed by atoms with Gasteiger partial charge in [-0.15, -0.1) is 0 Å². The molecule has 0 aliphatic carbocycles. The van der Waals surface area contributed by atoms with Gasteiger partial charge in [-0.05, 0) is 48.5 Å². The van der Waals surface area contributed by atoms with Crippen molar-refractivity contribution in [2.24, 2.45) is 0 Å². The van der Waals surface area contributed by atoms with Crippen LogP contribution in [0, 0.1) is 17.9 Å². The van der Waals surface area contributed by atoms with E-state index >= 15 is 0 Å². The fraction of sp³-hybridized carbons (Fsp3) is 0. The third-order valence-electron chi connectivity index (χ3n) is 9.71. The molecule has 8 aromatic carbocycles. The molecule has 50 heavy (non-hydrogen) atoms. The first-order chi connectivity index (χ1) is 24.7. The first kappa shape index (κ1) is 27.8. The van der Waals surface area contributed by atoms with Gasteiger partial charge in [-0.2, -0.15) is 5.26 Å². The summed E-state index contributed by atoms with van der Waals surface area (Å²) in [6, 6.07) is 51.3. The lowest BCUT2D eigenvalue weighted by molar-refractivity contribution is 1.11. The molecular weight excluding hydrogens is 613 g/mol. The van der Waals surface area contributed by atoms with Gasteiger partial charge in [-0.3, -0.25) is 9.13 Å². The fourth-order valence-electron chi connectivity index (χ4n) is 7.57. The normalized spacial score (nSPS) is 11.6. The average molecular weight is 637 g/mol. The van der Waals surface area contributed by atoms with Crippen LogP contribution in [0.4, 0.5) is 5.69 Å². The molecule has 0 atom stereocenters. The number of hydrogen-bond acceptors (Lipinski definition) is 3. The van der Waals surface area contributed by atoms with E-state index in [0.29, 0.717) is 11.3 Å². The second-order valence-electron chi connectivity index (χ2n) is 12.4. The lowest BCUT2D eigenvalue weighted by atomic mass is 9.91. The maximum atomic E-state index is 9.50. The van der Waals surface area contributed by atoms with Gasteiger partial charge in [0.25, 0.3) is 0 Å². The molecule has 0 unspecified atom stereocenters. The number of hydrogen-bond donors (Lipinski definition) is 0. The van der Waals surface area contributed by atoms with Crippen LogP contribution < -0.4 is 0 Å². The van der Waals surface area contributed by atoms with Gasteiger partial charge < -0.3 is 0 Å². The molecule has 2 aromatic heterocycles. The molecule has 0 radical (unpaired) electrons. The quantitative estimate of drug-likeness (QED) is 0.143. The Morgan fingerprint density at radius 3 is 1.38 bits per heavy atom. The second kappa shape index (κ2) is 10.6. The number of para-hydroxylation sites is 2. The van der Waals surface area contributed by atoms with Crippen LogP contribution in [0.2, 0.25) is 0 Å². The number of aromatic nitrogens is 4. The average Bonchev–Trinajstić information content (AvgIpc) is 3.80. The highest BCUT2D eigenvalue weighted by molar-refractivity contribution is 6.39. The van der Waals surface area contributed by atoms with Crippen molar-refractivity contribution < 1.29 is 0 Å². The predicted octanol–water partition coefficient (Wildman–Crippen LogP) is 11.0. The second-order valence-corrected chi connectivity index (χ2v) is 12.4. The summed E-state index contributed by atoms with van der Waals surface area (Å²) in [5, 5.41) is 16.1. The van der Waals surface area contributed by atoms with Crippen molar-refractivity contribution in [3.8, 4) is 40.2 Å². The lowest BCUT2D eigenvalue weighted by Gasteiger charge is -2.17. The van der Waals surface area contributed by atoms with Gasteiger partial charge in [-0.1, -0.05) is 97.1 Å². The van der Waals surface area contributed by atoms with E-state index in [4.69, 9.17) is 16.5 Å². The number of benzene rings is 8. The Morgan fingerprint density at radius 2 is 0.940 bits per heavy atom. The van der Waals surface area contributed by atoms with E-state index in [1.165, 1.54) is 0 Å². The van der Waals surface area contributed by atoms with Gasteiger partial charge in [0.1, 0.15) is 11.6 Å². The third-order valence-corrected chi connectivity index (χ3v) is 9.71. The monoisotopic (exact) mass is 636 g/mol. The lowest BCUT2D eigenvalue weighted by Crippen LogP contribution is -1.99. The number of fused-ring (bicyclic) bond motifs is 6. The van der Waals surface area contributed by atoms with Gasteiger partial charge in [0.05, 0.1) is 40.3 Å². The summed E-state index contributed by atoms with van der Waals surface area (Å²) in [7, 11) is 0. The maximum absolute atomic E-state index is 9.50. The number of nitriles is 1. The van der Waals surface area contributed by atoms with Crippen molar-refractivity contribution in [3.63, 3.8) is 0 Å². The highest BCUT2D eigenvalue weighted by Gasteiger charge is 2.26. The summed E-state index contributed by atoms with van der Waals surface area (Å²) in [6.45, 7) is 7.49. The summed E-state index contributed by atoms with van der Waals surface area (Å²) < 4.78 is 4.51. The minimum atomic E-state index is 0.594. The zero-order valence-corrected chi connectivity index (χ0v) is 26.5. The van der Waals surface area contributed by atoms with E-state index in [1.54, 1.807) is 0 Å². The zero-order chi connectivity index (χ0) is 33.3. The smallest absolute Gasteiger partial charge is 0.187 e. The molecular formula is C44H24N6. The van der Waals surface area contributed by atoms with Crippen LogP contribution in [-0.4, -0.2) is 19.1 Å². The number of nitrogens with zero attached hydrogens (tertiary/aromatic N) is 6. The highest BCUT2D eigenvalue weighted by Crippen LogP contribution is 2.47. The minimum Gasteiger partial charge on any atom is -0.292 e. The molecule has 10 aromatic rings. The predicted molar refractivity (Wildman–Crippen MR) is 201 cm³/mol. The van der Waals surface area contributed by atoms with Crippen molar-refractivity contribution in [1.29, 1.82) is 5.26 Å². The van der Waals surface area contributed by atoms with Crippen LogP contribution in [0.1, 0.15) is 5.56 Å². The van der Waals surface area contributed by atoms with E-state index in [1.807, 2.05) is 72.8 Å². The van der Waals surface area contributed by atoms with Crippen molar-refractivity contribution >= 4 is 60.1 Å². The molecule has 0 saturated heterocycles. The van der Waals surface area contributed by atoms with Crippen LogP contribution in [0.15, 0.2) is 146 Å². The molecule has 0 bridgehead atoms. The third kappa shape index (κ3) is 3.88. The van der Waals surface area contributed by atoms with E-state index in [-0.39, 0.29) is 0 Å². The molecule has 0 saturated carbocycles. The van der Waals surface area contributed by atoms with Gasteiger partial charge in [-0.25, -0.2) is 14.8 Å². The Bertz CT molecular complexity index is 2800. The molecule has 0 amide bonds. The van der Waals surface area contributed by atoms with Gasteiger partial charge in [0, 0.05) is 54.8 Å². The largest absolute Gasteiger partial charge is 0.292 e. The Balaban J connectivity index is 1.40. The van der Waals surface area contributed by atoms with Crippen molar-refractivity contribution in [3.05, 3.63) is 163 Å². The molecule has 6 nitrogen and oxygen atoms in total. The van der Waals surface area contributed by atoms with Crippen molar-refractivity contribution in [2.75, 3.05) is 0 Å². The van der Waals surface area contributed by atoms with Gasteiger partial charge in [0.2, 0.25) is 0 Å². The Morgan fingerprint density at radius 1 is 0.500 bits per heavy atom. The topological polar surface area (TPSA) is 63.8 Å². The van der Waals surface area contributed by atoms with Gasteiger partial charge >= 0.3 is 0 Å². The van der Waals surface area contributed by atoms with E-state index in [9.17, 15) is 5.26 Å². The van der Waals surface area contributed by atoms with E-state index in [0.717, 1.165) is 88.5 Å². The summed E-state index contributed by atoms with van der Waals surface area (Å²) >= 11 is 0. The van der Waals surface area contributed by atoms with Crippen LogP contribution in [0.5, 0.6) is 0 Å². The molecule has 0 spiro atoms. The summed E-state index contributed by atoms with van der Waals surface area (Å²) in [6.07, 6.45) is 0. The maximum Gasteiger partial charge on any atom is 0.187 e.